The highest BCUT2D eigenvalue weighted by atomic mass is 16.5. The normalized spacial score (nSPS) is 14.1. The van der Waals surface area contributed by atoms with E-state index in [0.717, 1.165) is 10.5 Å². The summed E-state index contributed by atoms with van der Waals surface area (Å²) in [6, 6.07) is 3.45. The molecule has 70 valence electrons. The molecule has 0 N–H and O–H groups in total. The Kier molecular flexibility index (Phi) is 3.31. The zero-order chi connectivity index (χ0) is 9.68. The number of hydrogen-bond acceptors (Lipinski definition) is 2. The first-order valence-corrected chi connectivity index (χ1v) is 4.17. The van der Waals surface area contributed by atoms with Crippen LogP contribution in [-0.4, -0.2) is 17.0 Å². The second-order valence-electron chi connectivity index (χ2n) is 2.80. The Bertz CT molecular complexity index is 288. The van der Waals surface area contributed by atoms with Gasteiger partial charge in [-0.3, -0.25) is 0 Å². The van der Waals surface area contributed by atoms with E-state index in [1.165, 1.54) is 0 Å². The van der Waals surface area contributed by atoms with Crippen LogP contribution in [0.25, 0.3) is 0 Å². The highest BCUT2D eigenvalue weighted by Gasteiger charge is 2.02. The predicted octanol–water partition coefficient (Wildman–Crippen LogP) is 1.98. The van der Waals surface area contributed by atoms with Crippen molar-refractivity contribution in [1.29, 1.82) is 0 Å². The molecular weight excluding hydrogens is 166 g/mol. The van der Waals surface area contributed by atoms with Crippen LogP contribution in [0.1, 0.15) is 12.7 Å². The standard InChI is InChI=1S/C10H13NO2/c1-3-9(2)11(12)7-6-10-5-4-8-13-10/h3-5,7-9H,1,6H2,2H3/b11-7-. The van der Waals surface area contributed by atoms with Crippen LogP contribution in [0.4, 0.5) is 0 Å². The van der Waals surface area contributed by atoms with Gasteiger partial charge >= 0.3 is 0 Å². The summed E-state index contributed by atoms with van der Waals surface area (Å²) in [4.78, 5) is 0. The summed E-state index contributed by atoms with van der Waals surface area (Å²) in [6.07, 6.45) is 5.26. The maximum atomic E-state index is 11.2. The average Bonchev–Trinajstić information content (AvgIpc) is 2.65. The number of nitrogens with zero attached hydrogens (tertiary/aromatic N) is 1. The van der Waals surface area contributed by atoms with E-state index in [9.17, 15) is 5.21 Å². The zero-order valence-electron chi connectivity index (χ0n) is 7.64. The van der Waals surface area contributed by atoms with Crippen LogP contribution in [0.15, 0.2) is 35.5 Å². The topological polar surface area (TPSA) is 39.2 Å². The fourth-order valence-electron chi connectivity index (χ4n) is 0.879. The second-order valence-corrected chi connectivity index (χ2v) is 2.80. The minimum absolute atomic E-state index is 0.185. The fourth-order valence-corrected chi connectivity index (χ4v) is 0.879. The third kappa shape index (κ3) is 2.78. The lowest BCUT2D eigenvalue weighted by molar-refractivity contribution is -0.479. The van der Waals surface area contributed by atoms with Crippen LogP contribution in [0.3, 0.4) is 0 Å². The van der Waals surface area contributed by atoms with E-state index >= 15 is 0 Å². The van der Waals surface area contributed by atoms with Crippen molar-refractivity contribution >= 4 is 6.21 Å². The van der Waals surface area contributed by atoms with Crippen molar-refractivity contribution < 1.29 is 9.16 Å². The Labute approximate surface area is 77.6 Å². The maximum Gasteiger partial charge on any atom is 0.178 e. The van der Waals surface area contributed by atoms with Crippen LogP contribution in [-0.2, 0) is 6.42 Å². The molecule has 3 heteroatoms. The molecule has 1 aromatic heterocycles. The molecule has 0 radical (unpaired) electrons. The van der Waals surface area contributed by atoms with Gasteiger partial charge < -0.3 is 9.62 Å². The van der Waals surface area contributed by atoms with E-state index in [0.29, 0.717) is 6.42 Å². The van der Waals surface area contributed by atoms with Crippen molar-refractivity contribution in [3.8, 4) is 0 Å². The van der Waals surface area contributed by atoms with E-state index in [1.807, 2.05) is 6.07 Å². The Balaban J connectivity index is 2.53. The van der Waals surface area contributed by atoms with Gasteiger partial charge in [-0.1, -0.05) is 6.58 Å². The minimum Gasteiger partial charge on any atom is -0.624 e. The highest BCUT2D eigenvalue weighted by Crippen LogP contribution is 1.99. The number of hydrogen-bond donors (Lipinski definition) is 0. The summed E-state index contributed by atoms with van der Waals surface area (Å²) in [5, 5.41) is 11.2. The van der Waals surface area contributed by atoms with Gasteiger partial charge in [-0.15, -0.1) is 0 Å². The van der Waals surface area contributed by atoms with Gasteiger partial charge in [-0.05, 0) is 18.2 Å². The minimum atomic E-state index is -0.185. The lowest BCUT2D eigenvalue weighted by atomic mass is 10.3. The van der Waals surface area contributed by atoms with Crippen LogP contribution in [0, 0.1) is 5.21 Å². The molecule has 0 aliphatic rings. The van der Waals surface area contributed by atoms with E-state index in [4.69, 9.17) is 4.42 Å². The number of rotatable bonds is 4. The summed E-state index contributed by atoms with van der Waals surface area (Å²) < 4.78 is 5.95. The molecule has 0 saturated carbocycles. The molecule has 1 aromatic rings. The highest BCUT2D eigenvalue weighted by molar-refractivity contribution is 5.55. The molecule has 0 saturated heterocycles. The Hall–Kier alpha value is -1.51. The van der Waals surface area contributed by atoms with Gasteiger partial charge in [-0.25, -0.2) is 4.74 Å². The predicted molar refractivity (Wildman–Crippen MR) is 51.8 cm³/mol. The van der Waals surface area contributed by atoms with Crippen LogP contribution in [0.2, 0.25) is 0 Å². The molecular formula is C10H13NO2. The molecule has 3 nitrogen and oxygen atoms in total. The summed E-state index contributed by atoms with van der Waals surface area (Å²) >= 11 is 0. The molecule has 0 spiro atoms. The molecule has 0 aliphatic heterocycles. The lowest BCUT2D eigenvalue weighted by Gasteiger charge is -2.07. The first-order valence-electron chi connectivity index (χ1n) is 4.17. The SMILES string of the molecule is C=CC(C)/[N+]([O-])=C/Cc1ccco1. The zero-order valence-corrected chi connectivity index (χ0v) is 7.64. The molecule has 0 fully saturated rings. The summed E-state index contributed by atoms with van der Waals surface area (Å²) in [7, 11) is 0. The lowest BCUT2D eigenvalue weighted by Crippen LogP contribution is -2.16. The van der Waals surface area contributed by atoms with Gasteiger partial charge in [0, 0.05) is 6.92 Å². The molecule has 1 atom stereocenters. The molecule has 0 bridgehead atoms. The molecule has 0 amide bonds. The van der Waals surface area contributed by atoms with Crippen molar-refractivity contribution in [1.82, 2.24) is 0 Å². The van der Waals surface area contributed by atoms with Crippen molar-refractivity contribution in [3.05, 3.63) is 42.0 Å². The first-order chi connectivity index (χ1) is 6.24. The van der Waals surface area contributed by atoms with Gasteiger partial charge in [0.25, 0.3) is 0 Å². The summed E-state index contributed by atoms with van der Waals surface area (Å²) in [6.45, 7) is 5.33. The maximum absolute atomic E-state index is 11.2. The number of hydroxylamine groups is 1. The Morgan fingerprint density at radius 3 is 3.08 bits per heavy atom. The number of furan rings is 1. The Morgan fingerprint density at radius 1 is 1.77 bits per heavy atom. The van der Waals surface area contributed by atoms with Crippen molar-refractivity contribution in [2.24, 2.45) is 0 Å². The average molecular weight is 179 g/mol. The monoisotopic (exact) mass is 179 g/mol. The third-order valence-corrected chi connectivity index (χ3v) is 1.80. The van der Waals surface area contributed by atoms with Gasteiger partial charge in [0.2, 0.25) is 0 Å². The molecule has 13 heavy (non-hydrogen) atoms. The molecule has 1 rings (SSSR count). The fraction of sp³-hybridized carbons (Fsp3) is 0.300. The van der Waals surface area contributed by atoms with Crippen LogP contribution < -0.4 is 0 Å². The van der Waals surface area contributed by atoms with Gasteiger partial charge in [0.15, 0.2) is 12.3 Å². The summed E-state index contributed by atoms with van der Waals surface area (Å²) in [5.41, 5.74) is 0. The molecule has 1 unspecified atom stereocenters. The van der Waals surface area contributed by atoms with E-state index in [2.05, 4.69) is 6.58 Å². The molecule has 0 aromatic carbocycles. The second kappa shape index (κ2) is 4.50. The molecule has 1 heterocycles. The first kappa shape index (κ1) is 9.58. The molecule has 0 aliphatic carbocycles. The van der Waals surface area contributed by atoms with Crippen molar-refractivity contribution in [2.75, 3.05) is 0 Å². The smallest absolute Gasteiger partial charge is 0.178 e. The van der Waals surface area contributed by atoms with Crippen LogP contribution in [0.5, 0.6) is 0 Å². The van der Waals surface area contributed by atoms with E-state index < -0.39 is 0 Å². The van der Waals surface area contributed by atoms with E-state index in [1.54, 1.807) is 31.5 Å². The largest absolute Gasteiger partial charge is 0.624 e. The van der Waals surface area contributed by atoms with Crippen LogP contribution >= 0.6 is 0 Å². The van der Waals surface area contributed by atoms with Gasteiger partial charge in [0.05, 0.1) is 12.7 Å². The van der Waals surface area contributed by atoms with Gasteiger partial charge in [-0.2, -0.15) is 0 Å². The third-order valence-electron chi connectivity index (χ3n) is 1.80. The quantitative estimate of drug-likeness (QED) is 0.233. The summed E-state index contributed by atoms with van der Waals surface area (Å²) in [5.74, 6) is 0.789. The van der Waals surface area contributed by atoms with Gasteiger partial charge in [0.1, 0.15) is 5.76 Å². The van der Waals surface area contributed by atoms with E-state index in [-0.39, 0.29) is 6.04 Å². The Morgan fingerprint density at radius 2 is 2.54 bits per heavy atom. The van der Waals surface area contributed by atoms with Crippen molar-refractivity contribution in [3.63, 3.8) is 0 Å². The van der Waals surface area contributed by atoms with Crippen molar-refractivity contribution in [2.45, 2.75) is 19.4 Å².